The number of likely N-dealkylation sites (N-methyl/N-ethyl adjacent to an activating group) is 1. The van der Waals surface area contributed by atoms with Crippen LogP contribution in [0.1, 0.15) is 10.4 Å². The number of methoxy groups -OCH3 is 2. The van der Waals surface area contributed by atoms with Crippen LogP contribution in [0.2, 0.25) is 0 Å². The molecule has 0 unspecified atom stereocenters. The van der Waals surface area contributed by atoms with E-state index in [9.17, 15) is 4.79 Å². The molecule has 6 nitrogen and oxygen atoms in total. The van der Waals surface area contributed by atoms with Gasteiger partial charge in [0.1, 0.15) is 0 Å². The summed E-state index contributed by atoms with van der Waals surface area (Å²) in [5, 5.41) is 0.664. The number of hydrogen-bond donors (Lipinski definition) is 0. The normalized spacial score (nSPS) is 10.7. The lowest BCUT2D eigenvalue weighted by Gasteiger charge is -2.22. The quantitative estimate of drug-likeness (QED) is 0.406. The summed E-state index contributed by atoms with van der Waals surface area (Å²) >= 11 is 3.67. The number of rotatable bonds is 7. The van der Waals surface area contributed by atoms with Crippen LogP contribution < -0.4 is 14.4 Å². The molecule has 0 radical (unpaired) electrons. The van der Waals surface area contributed by atoms with Gasteiger partial charge in [-0.05, 0) is 48.8 Å². The van der Waals surface area contributed by atoms with Gasteiger partial charge >= 0.3 is 0 Å². The van der Waals surface area contributed by atoms with Crippen molar-refractivity contribution < 1.29 is 14.3 Å². The maximum atomic E-state index is 13.3. The number of anilines is 1. The van der Waals surface area contributed by atoms with E-state index in [0.717, 1.165) is 20.3 Å². The van der Waals surface area contributed by atoms with Crippen LogP contribution in [0.25, 0.3) is 10.2 Å². The van der Waals surface area contributed by atoms with Gasteiger partial charge in [-0.1, -0.05) is 23.5 Å². The van der Waals surface area contributed by atoms with E-state index in [0.29, 0.717) is 28.7 Å². The topological polar surface area (TPSA) is 54.9 Å². The molecule has 1 aromatic heterocycles. The molecule has 9 heteroatoms. The Kier molecular flexibility index (Phi) is 8.50. The predicted octanol–water partition coefficient (Wildman–Crippen LogP) is 4.55. The van der Waals surface area contributed by atoms with Crippen molar-refractivity contribution in [1.82, 2.24) is 9.88 Å². The van der Waals surface area contributed by atoms with Gasteiger partial charge in [-0.2, -0.15) is 0 Å². The molecule has 0 N–H and O–H groups in total. The summed E-state index contributed by atoms with van der Waals surface area (Å²) in [5.41, 5.74) is 1.46. The SMILES string of the molecule is COc1cc2nc(N(CCN(C)C)C(=O)c3ccccc3I)sc2cc1OC.Cl. The minimum Gasteiger partial charge on any atom is -0.493 e. The standard InChI is InChI=1S/C20H22IN3O3S.ClH/c1-23(2)9-10-24(19(25)13-7-5-6-8-14(13)21)20-22-15-11-16(26-3)17(27-4)12-18(15)28-20;/h5-8,11-12H,9-10H2,1-4H3;1H. The minimum absolute atomic E-state index is 0. The number of nitrogens with zero attached hydrogens (tertiary/aromatic N) is 3. The zero-order valence-electron chi connectivity index (χ0n) is 16.6. The fraction of sp³-hybridized carbons (Fsp3) is 0.300. The zero-order chi connectivity index (χ0) is 20.3. The molecular weight excluding hydrogens is 525 g/mol. The van der Waals surface area contributed by atoms with Crippen LogP contribution in [-0.2, 0) is 0 Å². The van der Waals surface area contributed by atoms with Crippen LogP contribution in [0.5, 0.6) is 11.5 Å². The fourth-order valence-corrected chi connectivity index (χ4v) is 4.34. The molecule has 0 saturated heterocycles. The van der Waals surface area contributed by atoms with E-state index in [1.165, 1.54) is 11.3 Å². The van der Waals surface area contributed by atoms with E-state index < -0.39 is 0 Å². The van der Waals surface area contributed by atoms with Gasteiger partial charge in [0.2, 0.25) is 0 Å². The first-order valence-electron chi connectivity index (χ1n) is 8.68. The van der Waals surface area contributed by atoms with Crippen molar-refractivity contribution in [1.29, 1.82) is 0 Å². The molecule has 0 spiro atoms. The smallest absolute Gasteiger partial charge is 0.261 e. The Hall–Kier alpha value is -1.62. The lowest BCUT2D eigenvalue weighted by molar-refractivity contribution is 0.0984. The number of hydrogen-bond acceptors (Lipinski definition) is 6. The van der Waals surface area contributed by atoms with Crippen molar-refractivity contribution in [3.05, 3.63) is 45.5 Å². The first kappa shape index (κ1) is 23.7. The van der Waals surface area contributed by atoms with Gasteiger partial charge in [-0.15, -0.1) is 12.4 Å². The highest BCUT2D eigenvalue weighted by atomic mass is 127. The van der Waals surface area contributed by atoms with Crippen molar-refractivity contribution in [2.24, 2.45) is 0 Å². The molecule has 3 aromatic rings. The van der Waals surface area contributed by atoms with E-state index in [1.807, 2.05) is 50.5 Å². The molecule has 0 aliphatic carbocycles. The van der Waals surface area contributed by atoms with E-state index in [-0.39, 0.29) is 18.3 Å². The second-order valence-electron chi connectivity index (χ2n) is 6.41. The zero-order valence-corrected chi connectivity index (χ0v) is 20.4. The number of halogens is 2. The molecule has 0 atom stereocenters. The number of carbonyl (C=O) groups excluding carboxylic acids is 1. The highest BCUT2D eigenvalue weighted by molar-refractivity contribution is 14.1. The van der Waals surface area contributed by atoms with Gasteiger partial charge in [0.05, 0.1) is 30.0 Å². The van der Waals surface area contributed by atoms with Gasteiger partial charge in [-0.25, -0.2) is 4.98 Å². The van der Waals surface area contributed by atoms with E-state index >= 15 is 0 Å². The Labute approximate surface area is 194 Å². The van der Waals surface area contributed by atoms with Gasteiger partial charge in [0, 0.05) is 28.8 Å². The third-order valence-electron chi connectivity index (χ3n) is 4.23. The van der Waals surface area contributed by atoms with Gasteiger partial charge in [0.25, 0.3) is 5.91 Å². The summed E-state index contributed by atoms with van der Waals surface area (Å²) < 4.78 is 12.6. The third kappa shape index (κ3) is 5.30. The number of fused-ring (bicyclic) bond motifs is 1. The number of amides is 1. The summed E-state index contributed by atoms with van der Waals surface area (Å²) in [4.78, 5) is 21.8. The van der Waals surface area contributed by atoms with E-state index in [2.05, 4.69) is 27.5 Å². The molecule has 29 heavy (non-hydrogen) atoms. The largest absolute Gasteiger partial charge is 0.493 e. The second kappa shape index (κ2) is 10.4. The van der Waals surface area contributed by atoms with Crippen LogP contribution in [-0.4, -0.2) is 57.2 Å². The average molecular weight is 548 g/mol. The van der Waals surface area contributed by atoms with Gasteiger partial charge < -0.3 is 14.4 Å². The van der Waals surface area contributed by atoms with Crippen molar-refractivity contribution >= 4 is 67.6 Å². The lowest BCUT2D eigenvalue weighted by Crippen LogP contribution is -2.37. The molecule has 0 fully saturated rings. The number of thiazole rings is 1. The Morgan fingerprint density at radius 2 is 1.76 bits per heavy atom. The van der Waals surface area contributed by atoms with Crippen molar-refractivity contribution in [3.63, 3.8) is 0 Å². The Morgan fingerprint density at radius 1 is 1.10 bits per heavy atom. The number of benzene rings is 2. The highest BCUT2D eigenvalue weighted by Gasteiger charge is 2.23. The molecule has 156 valence electrons. The molecular formula is C20H23ClIN3O3S. The van der Waals surface area contributed by atoms with Crippen molar-refractivity contribution in [2.75, 3.05) is 46.3 Å². The highest BCUT2D eigenvalue weighted by Crippen LogP contribution is 2.37. The summed E-state index contributed by atoms with van der Waals surface area (Å²) in [6, 6.07) is 11.3. The molecule has 3 rings (SSSR count). The average Bonchev–Trinajstić information content (AvgIpc) is 3.09. The Balaban J connectivity index is 0.00000300. The van der Waals surface area contributed by atoms with E-state index in [1.54, 1.807) is 19.1 Å². The fourth-order valence-electron chi connectivity index (χ4n) is 2.72. The molecule has 0 aliphatic rings. The molecule has 0 saturated carbocycles. The van der Waals surface area contributed by atoms with Gasteiger partial charge in [0.15, 0.2) is 16.6 Å². The van der Waals surface area contributed by atoms with Gasteiger partial charge in [-0.3, -0.25) is 9.69 Å². The molecule has 1 heterocycles. The maximum Gasteiger partial charge on any atom is 0.261 e. The van der Waals surface area contributed by atoms with Crippen LogP contribution in [0.3, 0.4) is 0 Å². The first-order valence-corrected chi connectivity index (χ1v) is 10.6. The summed E-state index contributed by atoms with van der Waals surface area (Å²) in [7, 11) is 7.18. The van der Waals surface area contributed by atoms with Crippen LogP contribution in [0.15, 0.2) is 36.4 Å². The number of carbonyl (C=O) groups is 1. The van der Waals surface area contributed by atoms with Crippen molar-refractivity contribution in [3.8, 4) is 11.5 Å². The molecule has 2 aromatic carbocycles. The summed E-state index contributed by atoms with van der Waals surface area (Å²) in [6.07, 6.45) is 0. The van der Waals surface area contributed by atoms with E-state index in [4.69, 9.17) is 14.5 Å². The maximum absolute atomic E-state index is 13.3. The molecule has 0 aliphatic heterocycles. The minimum atomic E-state index is -0.0511. The summed E-state index contributed by atoms with van der Waals surface area (Å²) in [6.45, 7) is 1.28. The molecule has 0 bridgehead atoms. The molecule has 1 amide bonds. The lowest BCUT2D eigenvalue weighted by atomic mass is 10.2. The second-order valence-corrected chi connectivity index (χ2v) is 8.58. The van der Waals surface area contributed by atoms with Crippen LogP contribution in [0.4, 0.5) is 5.13 Å². The Bertz CT molecular complexity index is 955. The predicted molar refractivity (Wildman–Crippen MR) is 129 cm³/mol. The monoisotopic (exact) mass is 547 g/mol. The third-order valence-corrected chi connectivity index (χ3v) is 6.22. The van der Waals surface area contributed by atoms with Crippen LogP contribution in [0, 0.1) is 3.57 Å². The van der Waals surface area contributed by atoms with Crippen molar-refractivity contribution in [2.45, 2.75) is 0 Å². The Morgan fingerprint density at radius 3 is 2.38 bits per heavy atom. The summed E-state index contributed by atoms with van der Waals surface area (Å²) in [5.74, 6) is 1.22. The first-order chi connectivity index (χ1) is 13.4. The number of aromatic nitrogens is 1. The number of ether oxygens (including phenoxy) is 2. The van der Waals surface area contributed by atoms with Crippen LogP contribution >= 0.6 is 46.3 Å².